The predicted octanol–water partition coefficient (Wildman–Crippen LogP) is 2.71. The first-order chi connectivity index (χ1) is 13.3. The van der Waals surface area contributed by atoms with Gasteiger partial charge in [-0.3, -0.25) is 4.79 Å². The molecule has 0 aliphatic carbocycles. The third-order valence-electron chi connectivity index (χ3n) is 3.89. The van der Waals surface area contributed by atoms with E-state index in [4.69, 9.17) is 4.74 Å². The number of hydrogen-bond acceptors (Lipinski definition) is 5. The van der Waals surface area contributed by atoms with Gasteiger partial charge in [0.15, 0.2) is 17.3 Å². The molecule has 3 aromatic heterocycles. The Bertz CT molecular complexity index is 1060. The molecule has 8 nitrogen and oxygen atoms in total. The Kier molecular flexibility index (Phi) is 4.36. The molecule has 1 aromatic carbocycles. The van der Waals surface area contributed by atoms with Gasteiger partial charge in [-0.25, -0.2) is 14.3 Å². The molecular weight excluding hydrogens is 344 g/mol. The van der Waals surface area contributed by atoms with Crippen LogP contribution in [0.4, 0.5) is 5.69 Å². The van der Waals surface area contributed by atoms with Crippen LogP contribution in [-0.2, 0) is 0 Å². The molecular formula is C19H16N6O2. The van der Waals surface area contributed by atoms with Crippen LogP contribution in [0.5, 0.6) is 5.75 Å². The van der Waals surface area contributed by atoms with E-state index in [-0.39, 0.29) is 5.69 Å². The Balaban J connectivity index is 1.66. The van der Waals surface area contributed by atoms with Crippen molar-refractivity contribution in [2.45, 2.75) is 0 Å². The standard InChI is InChI=1S/C19H16N6O2/c1-27-16-13-25(14-7-3-2-4-8-14)23-17(16)19(26)22-15-9-5-10-20-18(15)24-12-6-11-21-24/h2-13H,1H3,(H,22,26). The molecule has 0 saturated heterocycles. The SMILES string of the molecule is COc1cn(-c2ccccc2)nc1C(=O)Nc1cccnc1-n1cccn1. The molecule has 134 valence electrons. The van der Waals surface area contributed by atoms with Gasteiger partial charge >= 0.3 is 0 Å². The van der Waals surface area contributed by atoms with Crippen LogP contribution in [-0.4, -0.2) is 37.6 Å². The first-order valence-corrected chi connectivity index (χ1v) is 8.22. The van der Waals surface area contributed by atoms with Crippen molar-refractivity contribution < 1.29 is 9.53 Å². The van der Waals surface area contributed by atoms with E-state index in [2.05, 4.69) is 20.5 Å². The largest absolute Gasteiger partial charge is 0.493 e. The number of anilines is 1. The van der Waals surface area contributed by atoms with Gasteiger partial charge in [-0.05, 0) is 30.3 Å². The van der Waals surface area contributed by atoms with Gasteiger partial charge in [0.25, 0.3) is 5.91 Å². The van der Waals surface area contributed by atoms with E-state index in [1.165, 1.54) is 7.11 Å². The van der Waals surface area contributed by atoms with E-state index >= 15 is 0 Å². The molecule has 3 heterocycles. The molecule has 0 spiro atoms. The van der Waals surface area contributed by atoms with Crippen molar-refractivity contribution in [3.05, 3.63) is 79.0 Å². The Morgan fingerprint density at radius 3 is 2.63 bits per heavy atom. The molecule has 8 heteroatoms. The van der Waals surface area contributed by atoms with Crippen molar-refractivity contribution >= 4 is 11.6 Å². The maximum atomic E-state index is 12.8. The number of para-hydroxylation sites is 1. The maximum Gasteiger partial charge on any atom is 0.280 e. The second-order valence-electron chi connectivity index (χ2n) is 5.61. The fourth-order valence-electron chi connectivity index (χ4n) is 2.63. The summed E-state index contributed by atoms with van der Waals surface area (Å²) in [4.78, 5) is 17.1. The van der Waals surface area contributed by atoms with Crippen molar-refractivity contribution in [3.63, 3.8) is 0 Å². The lowest BCUT2D eigenvalue weighted by molar-refractivity contribution is 0.101. The van der Waals surface area contributed by atoms with Gasteiger partial charge in [0.2, 0.25) is 0 Å². The monoisotopic (exact) mass is 360 g/mol. The summed E-state index contributed by atoms with van der Waals surface area (Å²) < 4.78 is 8.51. The summed E-state index contributed by atoms with van der Waals surface area (Å²) >= 11 is 0. The van der Waals surface area contributed by atoms with Gasteiger partial charge in [-0.2, -0.15) is 10.2 Å². The Hall–Kier alpha value is -3.94. The Labute approximate surface area is 155 Å². The van der Waals surface area contributed by atoms with Crippen molar-refractivity contribution in [2.75, 3.05) is 12.4 Å². The van der Waals surface area contributed by atoms with Crippen LogP contribution in [0.25, 0.3) is 11.5 Å². The van der Waals surface area contributed by atoms with E-state index in [9.17, 15) is 4.79 Å². The van der Waals surface area contributed by atoms with E-state index < -0.39 is 5.91 Å². The lowest BCUT2D eigenvalue weighted by atomic mass is 10.3. The highest BCUT2D eigenvalue weighted by Crippen LogP contribution is 2.22. The zero-order valence-corrected chi connectivity index (χ0v) is 14.5. The number of rotatable bonds is 5. The molecule has 0 fully saturated rings. The van der Waals surface area contributed by atoms with Gasteiger partial charge in [0.1, 0.15) is 0 Å². The molecule has 0 atom stereocenters. The summed E-state index contributed by atoms with van der Waals surface area (Å²) in [5.41, 5.74) is 1.52. The third kappa shape index (κ3) is 3.28. The van der Waals surface area contributed by atoms with Crippen LogP contribution in [0.3, 0.4) is 0 Å². The van der Waals surface area contributed by atoms with Crippen LogP contribution >= 0.6 is 0 Å². The molecule has 4 aromatic rings. The Morgan fingerprint density at radius 2 is 1.89 bits per heavy atom. The van der Waals surface area contributed by atoms with Gasteiger partial charge in [0.05, 0.1) is 24.7 Å². The molecule has 4 rings (SSSR count). The normalized spacial score (nSPS) is 10.6. The van der Waals surface area contributed by atoms with Crippen molar-refractivity contribution in [2.24, 2.45) is 0 Å². The molecule has 0 unspecified atom stereocenters. The van der Waals surface area contributed by atoms with Gasteiger partial charge < -0.3 is 10.1 Å². The second kappa shape index (κ2) is 7.12. The number of nitrogens with one attached hydrogen (secondary N) is 1. The van der Waals surface area contributed by atoms with Crippen LogP contribution in [0, 0.1) is 0 Å². The first-order valence-electron chi connectivity index (χ1n) is 8.22. The summed E-state index contributed by atoms with van der Waals surface area (Å²) in [6, 6.07) is 14.8. The molecule has 0 aliphatic rings. The summed E-state index contributed by atoms with van der Waals surface area (Å²) in [5, 5.41) is 11.4. The van der Waals surface area contributed by atoms with E-state index in [0.29, 0.717) is 17.3 Å². The quantitative estimate of drug-likeness (QED) is 0.591. The zero-order valence-electron chi connectivity index (χ0n) is 14.5. The van der Waals surface area contributed by atoms with Gasteiger partial charge in [-0.15, -0.1) is 0 Å². The molecule has 1 N–H and O–H groups in total. The number of amides is 1. The summed E-state index contributed by atoms with van der Waals surface area (Å²) in [6.07, 6.45) is 6.70. The summed E-state index contributed by atoms with van der Waals surface area (Å²) in [6.45, 7) is 0. The number of carbonyl (C=O) groups is 1. The third-order valence-corrected chi connectivity index (χ3v) is 3.89. The predicted molar refractivity (Wildman–Crippen MR) is 99.4 cm³/mol. The fraction of sp³-hybridized carbons (Fsp3) is 0.0526. The molecule has 27 heavy (non-hydrogen) atoms. The number of nitrogens with zero attached hydrogens (tertiary/aromatic N) is 5. The van der Waals surface area contributed by atoms with Crippen LogP contribution in [0.15, 0.2) is 73.3 Å². The number of ether oxygens (including phenoxy) is 1. The average molecular weight is 360 g/mol. The zero-order chi connectivity index (χ0) is 18.6. The average Bonchev–Trinajstić information content (AvgIpc) is 3.39. The molecule has 0 bridgehead atoms. The maximum absolute atomic E-state index is 12.8. The van der Waals surface area contributed by atoms with Crippen molar-refractivity contribution in [1.29, 1.82) is 0 Å². The number of hydrogen-bond donors (Lipinski definition) is 1. The smallest absolute Gasteiger partial charge is 0.280 e. The van der Waals surface area contributed by atoms with Crippen molar-refractivity contribution in [3.8, 4) is 17.3 Å². The number of methoxy groups -OCH3 is 1. The molecule has 0 saturated carbocycles. The van der Waals surface area contributed by atoms with E-state index in [1.807, 2.05) is 30.3 Å². The van der Waals surface area contributed by atoms with Gasteiger partial charge in [0, 0.05) is 18.6 Å². The fourth-order valence-corrected chi connectivity index (χ4v) is 2.63. The Morgan fingerprint density at radius 1 is 1.04 bits per heavy atom. The minimum atomic E-state index is -0.400. The summed E-state index contributed by atoms with van der Waals surface area (Å²) in [7, 11) is 1.50. The number of benzene rings is 1. The van der Waals surface area contributed by atoms with Gasteiger partial charge in [-0.1, -0.05) is 18.2 Å². The number of carbonyl (C=O) groups excluding carboxylic acids is 1. The summed E-state index contributed by atoms with van der Waals surface area (Å²) in [5.74, 6) is 0.487. The molecule has 0 aliphatic heterocycles. The molecule has 0 radical (unpaired) electrons. The highest BCUT2D eigenvalue weighted by atomic mass is 16.5. The lowest BCUT2D eigenvalue weighted by Crippen LogP contribution is -2.16. The minimum absolute atomic E-state index is 0.177. The van der Waals surface area contributed by atoms with Crippen molar-refractivity contribution in [1.82, 2.24) is 24.5 Å². The van der Waals surface area contributed by atoms with Crippen LogP contribution < -0.4 is 10.1 Å². The second-order valence-corrected chi connectivity index (χ2v) is 5.61. The van der Waals surface area contributed by atoms with Crippen LogP contribution in [0.2, 0.25) is 0 Å². The number of pyridine rings is 1. The lowest BCUT2D eigenvalue weighted by Gasteiger charge is -2.09. The number of aromatic nitrogens is 5. The first kappa shape index (κ1) is 16.5. The topological polar surface area (TPSA) is 86.9 Å². The highest BCUT2D eigenvalue weighted by molar-refractivity contribution is 6.05. The van der Waals surface area contributed by atoms with E-state index in [1.54, 1.807) is 52.4 Å². The minimum Gasteiger partial charge on any atom is -0.493 e. The van der Waals surface area contributed by atoms with Crippen LogP contribution in [0.1, 0.15) is 10.5 Å². The van der Waals surface area contributed by atoms with E-state index in [0.717, 1.165) is 5.69 Å². The highest BCUT2D eigenvalue weighted by Gasteiger charge is 2.20. The molecule has 1 amide bonds.